The molecule has 1 heterocycles. The molecular formula is C22H21O5-. The summed E-state index contributed by atoms with van der Waals surface area (Å²) in [6, 6.07) is 12.9. The van der Waals surface area contributed by atoms with Crippen molar-refractivity contribution in [3.8, 4) is 17.1 Å². The minimum Gasteiger partial charge on any atom is -0.546 e. The van der Waals surface area contributed by atoms with E-state index >= 15 is 0 Å². The SMILES string of the molecule is Cc1ccc2oc(-c3ccc(C(C)(C)C)cc3)c(OCC(=O)[O-])c(=O)c2c1. The highest BCUT2D eigenvalue weighted by molar-refractivity contribution is 5.82. The molecule has 0 bridgehead atoms. The van der Waals surface area contributed by atoms with E-state index in [0.29, 0.717) is 16.5 Å². The summed E-state index contributed by atoms with van der Waals surface area (Å²) in [5, 5.41) is 11.2. The molecule has 0 saturated carbocycles. The highest BCUT2D eigenvalue weighted by Gasteiger charge is 2.19. The molecule has 0 amide bonds. The Morgan fingerprint density at radius 3 is 2.37 bits per heavy atom. The molecule has 0 N–H and O–H groups in total. The zero-order valence-corrected chi connectivity index (χ0v) is 15.8. The van der Waals surface area contributed by atoms with Crippen LogP contribution in [0.15, 0.2) is 51.7 Å². The van der Waals surface area contributed by atoms with Gasteiger partial charge in [0.15, 0.2) is 5.76 Å². The van der Waals surface area contributed by atoms with Crippen LogP contribution < -0.4 is 15.3 Å². The molecule has 1 aromatic heterocycles. The summed E-state index contributed by atoms with van der Waals surface area (Å²) in [5.74, 6) is -1.33. The molecule has 27 heavy (non-hydrogen) atoms. The van der Waals surface area contributed by atoms with Gasteiger partial charge in [0, 0.05) is 5.56 Å². The van der Waals surface area contributed by atoms with Crippen LogP contribution in [0.3, 0.4) is 0 Å². The molecule has 0 aliphatic rings. The molecule has 3 rings (SSSR count). The molecule has 5 nitrogen and oxygen atoms in total. The molecule has 5 heteroatoms. The van der Waals surface area contributed by atoms with Gasteiger partial charge in [-0.05, 0) is 30.0 Å². The van der Waals surface area contributed by atoms with Crippen molar-refractivity contribution in [3.63, 3.8) is 0 Å². The lowest BCUT2D eigenvalue weighted by Crippen LogP contribution is -2.30. The molecule has 0 radical (unpaired) electrons. The van der Waals surface area contributed by atoms with Crippen LogP contribution in [0, 0.1) is 6.92 Å². The summed E-state index contributed by atoms with van der Waals surface area (Å²) in [6.07, 6.45) is 0. The summed E-state index contributed by atoms with van der Waals surface area (Å²) in [5.41, 5.74) is 2.65. The lowest BCUT2D eigenvalue weighted by atomic mass is 9.86. The maximum Gasteiger partial charge on any atom is 0.235 e. The Morgan fingerprint density at radius 1 is 1.11 bits per heavy atom. The summed E-state index contributed by atoms with van der Waals surface area (Å²) in [7, 11) is 0. The van der Waals surface area contributed by atoms with Gasteiger partial charge in [-0.3, -0.25) is 4.79 Å². The molecule has 0 aliphatic carbocycles. The van der Waals surface area contributed by atoms with Crippen LogP contribution in [0.25, 0.3) is 22.3 Å². The number of aliphatic carboxylic acids is 1. The number of carboxylic acid groups (broad SMARTS) is 1. The van der Waals surface area contributed by atoms with E-state index in [1.165, 1.54) is 0 Å². The largest absolute Gasteiger partial charge is 0.546 e. The number of benzene rings is 2. The van der Waals surface area contributed by atoms with Gasteiger partial charge in [-0.25, -0.2) is 0 Å². The van der Waals surface area contributed by atoms with Crippen molar-refractivity contribution in [2.45, 2.75) is 33.1 Å². The molecule has 3 aromatic rings. The molecule has 0 saturated heterocycles. The van der Waals surface area contributed by atoms with E-state index in [1.807, 2.05) is 37.3 Å². The van der Waals surface area contributed by atoms with Gasteiger partial charge in [0.2, 0.25) is 11.2 Å². The lowest BCUT2D eigenvalue weighted by molar-refractivity contribution is -0.307. The minimum absolute atomic E-state index is 0.0193. The predicted molar refractivity (Wildman–Crippen MR) is 102 cm³/mol. The average Bonchev–Trinajstić information content (AvgIpc) is 2.60. The zero-order valence-electron chi connectivity index (χ0n) is 15.8. The van der Waals surface area contributed by atoms with E-state index in [1.54, 1.807) is 12.1 Å². The first-order valence-electron chi connectivity index (χ1n) is 8.68. The normalized spacial score (nSPS) is 11.6. The average molecular weight is 365 g/mol. The van der Waals surface area contributed by atoms with E-state index in [-0.39, 0.29) is 16.9 Å². The lowest BCUT2D eigenvalue weighted by Gasteiger charge is -2.19. The Morgan fingerprint density at radius 2 is 1.78 bits per heavy atom. The van der Waals surface area contributed by atoms with E-state index < -0.39 is 18.0 Å². The van der Waals surface area contributed by atoms with Crippen LogP contribution in [0.1, 0.15) is 31.9 Å². The molecule has 140 valence electrons. The number of hydrogen-bond acceptors (Lipinski definition) is 5. The summed E-state index contributed by atoms with van der Waals surface area (Å²) in [4.78, 5) is 23.8. The van der Waals surface area contributed by atoms with Crippen LogP contribution >= 0.6 is 0 Å². The molecular weight excluding hydrogens is 344 g/mol. The Labute approximate surface area is 157 Å². The van der Waals surface area contributed by atoms with Crippen LogP contribution in [0.2, 0.25) is 0 Å². The molecule has 0 atom stereocenters. The first-order chi connectivity index (χ1) is 12.7. The highest BCUT2D eigenvalue weighted by atomic mass is 16.5. The fourth-order valence-electron chi connectivity index (χ4n) is 2.87. The number of carboxylic acids is 1. The highest BCUT2D eigenvalue weighted by Crippen LogP contribution is 2.33. The molecule has 0 unspecified atom stereocenters. The summed E-state index contributed by atoms with van der Waals surface area (Å²) in [6.45, 7) is 7.45. The topological polar surface area (TPSA) is 79.6 Å². The van der Waals surface area contributed by atoms with Crippen LogP contribution in [0.5, 0.6) is 5.75 Å². The second-order valence-electron chi connectivity index (χ2n) is 7.58. The van der Waals surface area contributed by atoms with Gasteiger partial charge in [0.05, 0.1) is 11.4 Å². The molecule has 0 spiro atoms. The standard InChI is InChI=1S/C22H22O5/c1-13-5-10-17-16(11-13)19(25)21(26-12-18(23)24)20(27-17)14-6-8-15(9-7-14)22(2,3)4/h5-11H,12H2,1-4H3,(H,23,24)/p-1. The van der Waals surface area contributed by atoms with Crippen molar-refractivity contribution in [1.29, 1.82) is 0 Å². The van der Waals surface area contributed by atoms with Crippen LogP contribution in [0.4, 0.5) is 0 Å². The number of aryl methyl sites for hydroxylation is 1. The molecule has 0 fully saturated rings. The summed E-state index contributed by atoms with van der Waals surface area (Å²) < 4.78 is 11.2. The van der Waals surface area contributed by atoms with Crippen molar-refractivity contribution < 1.29 is 19.1 Å². The third-order valence-electron chi connectivity index (χ3n) is 4.35. The quantitative estimate of drug-likeness (QED) is 0.709. The second kappa shape index (κ2) is 6.91. The number of carbonyl (C=O) groups is 1. The number of carbonyl (C=O) groups excluding carboxylic acids is 1. The van der Waals surface area contributed by atoms with Gasteiger partial charge in [-0.2, -0.15) is 0 Å². The van der Waals surface area contributed by atoms with E-state index in [0.717, 1.165) is 11.1 Å². The van der Waals surface area contributed by atoms with Gasteiger partial charge in [-0.15, -0.1) is 0 Å². The first kappa shape index (κ1) is 18.7. The Hall–Kier alpha value is -3.08. The third-order valence-corrected chi connectivity index (χ3v) is 4.35. The van der Waals surface area contributed by atoms with Crippen LogP contribution in [-0.4, -0.2) is 12.6 Å². The van der Waals surface area contributed by atoms with Crippen molar-refractivity contribution in [1.82, 2.24) is 0 Å². The van der Waals surface area contributed by atoms with Gasteiger partial charge < -0.3 is 19.1 Å². The van der Waals surface area contributed by atoms with Gasteiger partial charge >= 0.3 is 0 Å². The summed E-state index contributed by atoms with van der Waals surface area (Å²) >= 11 is 0. The number of rotatable bonds is 4. The Kier molecular flexibility index (Phi) is 4.79. The first-order valence-corrected chi connectivity index (χ1v) is 8.68. The molecule has 2 aromatic carbocycles. The van der Waals surface area contributed by atoms with E-state index in [4.69, 9.17) is 9.15 Å². The van der Waals surface area contributed by atoms with Crippen molar-refractivity contribution in [2.75, 3.05) is 6.61 Å². The smallest absolute Gasteiger partial charge is 0.235 e. The third kappa shape index (κ3) is 3.87. The van der Waals surface area contributed by atoms with Gasteiger partial charge in [0.25, 0.3) is 0 Å². The Bertz CT molecular complexity index is 1050. The van der Waals surface area contributed by atoms with Gasteiger partial charge in [0.1, 0.15) is 12.2 Å². The Balaban J connectivity index is 2.20. The van der Waals surface area contributed by atoms with Crippen molar-refractivity contribution in [3.05, 3.63) is 63.8 Å². The maximum absolute atomic E-state index is 12.9. The van der Waals surface area contributed by atoms with E-state index in [2.05, 4.69) is 20.8 Å². The number of hydrogen-bond donors (Lipinski definition) is 0. The van der Waals surface area contributed by atoms with Crippen molar-refractivity contribution >= 4 is 16.9 Å². The monoisotopic (exact) mass is 365 g/mol. The fourth-order valence-corrected chi connectivity index (χ4v) is 2.87. The van der Waals surface area contributed by atoms with Crippen molar-refractivity contribution in [2.24, 2.45) is 0 Å². The molecule has 0 aliphatic heterocycles. The number of fused-ring (bicyclic) bond motifs is 1. The predicted octanol–water partition coefficient (Wildman–Crippen LogP) is 3.19. The van der Waals surface area contributed by atoms with Gasteiger partial charge in [-0.1, -0.05) is 56.7 Å². The van der Waals surface area contributed by atoms with Crippen LogP contribution in [-0.2, 0) is 10.2 Å². The second-order valence-corrected chi connectivity index (χ2v) is 7.58. The maximum atomic E-state index is 12.9. The fraction of sp³-hybridized carbons (Fsp3) is 0.273. The number of ether oxygens (including phenoxy) is 1. The minimum atomic E-state index is -1.41. The zero-order chi connectivity index (χ0) is 19.8. The van der Waals surface area contributed by atoms with E-state index in [9.17, 15) is 14.7 Å².